The fourth-order valence-corrected chi connectivity index (χ4v) is 5.72. The third kappa shape index (κ3) is 3.64. The summed E-state index contributed by atoms with van der Waals surface area (Å²) in [6.45, 7) is 3.50. The zero-order chi connectivity index (χ0) is 18.8. The van der Waals surface area contributed by atoms with Crippen LogP contribution in [0, 0.1) is 5.92 Å². The van der Waals surface area contributed by atoms with Gasteiger partial charge in [-0.25, -0.2) is 0 Å². The van der Waals surface area contributed by atoms with E-state index >= 15 is 0 Å². The smallest absolute Gasteiger partial charge is 0.0346 e. The lowest BCUT2D eigenvalue weighted by Gasteiger charge is -2.51. The summed E-state index contributed by atoms with van der Waals surface area (Å²) in [6, 6.07) is 18.6. The van der Waals surface area contributed by atoms with Gasteiger partial charge in [0.1, 0.15) is 0 Å². The Morgan fingerprint density at radius 1 is 1.04 bits per heavy atom. The second kappa shape index (κ2) is 8.16. The van der Waals surface area contributed by atoms with Gasteiger partial charge < -0.3 is 5.32 Å². The maximum atomic E-state index is 4.34. The third-order valence-electron chi connectivity index (χ3n) is 6.48. The Bertz CT molecular complexity index is 885. The van der Waals surface area contributed by atoms with E-state index in [-0.39, 0.29) is 0 Å². The highest BCUT2D eigenvalue weighted by Gasteiger charge is 2.41. The number of hydrogen-bond acceptors (Lipinski definition) is 4. The number of piperidine rings is 3. The first kappa shape index (κ1) is 18.0. The average molecular weight is 390 g/mol. The molecule has 28 heavy (non-hydrogen) atoms. The molecule has 0 amide bonds. The molecule has 1 N–H and O–H groups in total. The van der Waals surface area contributed by atoms with Crippen LogP contribution in [0.1, 0.15) is 23.3 Å². The summed E-state index contributed by atoms with van der Waals surface area (Å²) >= 11 is 1.85. The summed E-state index contributed by atoms with van der Waals surface area (Å²) in [5, 5.41) is 6.12. The van der Waals surface area contributed by atoms with Crippen LogP contribution in [0.5, 0.6) is 0 Å². The van der Waals surface area contributed by atoms with Gasteiger partial charge in [-0.15, -0.1) is 11.3 Å². The molecule has 2 unspecified atom stereocenters. The number of benzene rings is 1. The van der Waals surface area contributed by atoms with Crippen molar-refractivity contribution >= 4 is 11.3 Å². The fourth-order valence-electron chi connectivity index (χ4n) is 5.07. The van der Waals surface area contributed by atoms with E-state index in [1.54, 1.807) is 0 Å². The highest BCUT2D eigenvalue weighted by molar-refractivity contribution is 7.09. The van der Waals surface area contributed by atoms with E-state index in [0.29, 0.717) is 12.1 Å². The van der Waals surface area contributed by atoms with E-state index < -0.39 is 0 Å². The van der Waals surface area contributed by atoms with Crippen LogP contribution in [0.25, 0.3) is 11.1 Å². The van der Waals surface area contributed by atoms with E-state index in [9.17, 15) is 0 Å². The maximum Gasteiger partial charge on any atom is 0.0346 e. The fraction of sp³-hybridized carbons (Fsp3) is 0.375. The summed E-state index contributed by atoms with van der Waals surface area (Å²) in [4.78, 5) is 8.50. The predicted molar refractivity (Wildman–Crippen MR) is 116 cm³/mol. The number of thiophene rings is 1. The van der Waals surface area contributed by atoms with Gasteiger partial charge in [-0.1, -0.05) is 36.4 Å². The van der Waals surface area contributed by atoms with Crippen molar-refractivity contribution < 1.29 is 0 Å². The minimum atomic E-state index is 0.574. The quantitative estimate of drug-likeness (QED) is 0.667. The van der Waals surface area contributed by atoms with E-state index in [0.717, 1.165) is 18.9 Å². The SMILES string of the molecule is c1cncc(-c2ccccc2CC2C(NCc3cccs3)C3CCN2CC3)c1. The maximum absolute atomic E-state index is 4.34. The van der Waals surface area contributed by atoms with Crippen molar-refractivity contribution in [2.24, 2.45) is 5.92 Å². The summed E-state index contributed by atoms with van der Waals surface area (Å²) in [5.74, 6) is 0.806. The van der Waals surface area contributed by atoms with Crippen molar-refractivity contribution in [3.05, 3.63) is 76.7 Å². The largest absolute Gasteiger partial charge is 0.307 e. The molecular weight excluding hydrogens is 362 g/mol. The molecule has 1 aromatic carbocycles. The van der Waals surface area contributed by atoms with Gasteiger partial charge in [-0.3, -0.25) is 9.88 Å². The molecule has 0 spiro atoms. The van der Waals surface area contributed by atoms with Crippen LogP contribution in [-0.2, 0) is 13.0 Å². The Morgan fingerprint density at radius 2 is 1.93 bits per heavy atom. The summed E-state index contributed by atoms with van der Waals surface area (Å²) in [7, 11) is 0. The topological polar surface area (TPSA) is 28.2 Å². The van der Waals surface area contributed by atoms with Gasteiger partial charge >= 0.3 is 0 Å². The van der Waals surface area contributed by atoms with Gasteiger partial charge in [-0.05, 0) is 66.9 Å². The first-order chi connectivity index (χ1) is 13.9. The molecule has 3 aliphatic rings. The van der Waals surface area contributed by atoms with E-state index in [2.05, 4.69) is 63.0 Å². The molecule has 2 bridgehead atoms. The van der Waals surface area contributed by atoms with Gasteiger partial charge in [0.25, 0.3) is 0 Å². The monoisotopic (exact) mass is 389 g/mol. The highest BCUT2D eigenvalue weighted by atomic mass is 32.1. The van der Waals surface area contributed by atoms with Crippen molar-refractivity contribution in [3.63, 3.8) is 0 Å². The first-order valence-electron chi connectivity index (χ1n) is 10.4. The second-order valence-corrected chi connectivity index (χ2v) is 9.06. The van der Waals surface area contributed by atoms with Crippen LogP contribution in [0.15, 0.2) is 66.3 Å². The van der Waals surface area contributed by atoms with Crippen LogP contribution >= 0.6 is 11.3 Å². The van der Waals surface area contributed by atoms with Crippen molar-refractivity contribution in [3.8, 4) is 11.1 Å². The Hall–Kier alpha value is -2.01. The number of hydrogen-bond donors (Lipinski definition) is 1. The Labute approximate surface area is 171 Å². The lowest BCUT2D eigenvalue weighted by Crippen LogP contribution is -2.63. The molecule has 0 radical (unpaired) electrons. The molecule has 5 heterocycles. The number of rotatable bonds is 6. The Balaban J connectivity index is 1.40. The molecule has 3 fully saturated rings. The van der Waals surface area contributed by atoms with Gasteiger partial charge in [0.2, 0.25) is 0 Å². The van der Waals surface area contributed by atoms with E-state index in [4.69, 9.17) is 0 Å². The second-order valence-electron chi connectivity index (χ2n) is 8.03. The molecule has 2 atom stereocenters. The summed E-state index contributed by atoms with van der Waals surface area (Å²) < 4.78 is 0. The first-order valence-corrected chi connectivity index (χ1v) is 11.2. The third-order valence-corrected chi connectivity index (χ3v) is 7.35. The zero-order valence-electron chi connectivity index (χ0n) is 16.1. The molecule has 0 saturated carbocycles. The van der Waals surface area contributed by atoms with E-state index in [1.165, 1.54) is 47.5 Å². The molecule has 3 aromatic rings. The van der Waals surface area contributed by atoms with Crippen LogP contribution in [-0.4, -0.2) is 35.1 Å². The van der Waals surface area contributed by atoms with Gasteiger partial charge in [0.05, 0.1) is 0 Å². The van der Waals surface area contributed by atoms with Crippen molar-refractivity contribution in [1.29, 1.82) is 0 Å². The van der Waals surface area contributed by atoms with Crippen molar-refractivity contribution in [2.45, 2.75) is 37.9 Å². The number of aromatic nitrogens is 1. The molecule has 3 aliphatic heterocycles. The molecule has 2 aromatic heterocycles. The van der Waals surface area contributed by atoms with Crippen LogP contribution in [0.3, 0.4) is 0 Å². The lowest BCUT2D eigenvalue weighted by atomic mass is 9.76. The summed E-state index contributed by atoms with van der Waals surface area (Å²) in [5.41, 5.74) is 3.99. The normalized spacial score (nSPS) is 26.4. The minimum absolute atomic E-state index is 0.574. The van der Waals surface area contributed by atoms with E-state index in [1.807, 2.05) is 29.8 Å². The number of nitrogens with one attached hydrogen (secondary N) is 1. The highest BCUT2D eigenvalue weighted by Crippen LogP contribution is 2.35. The zero-order valence-corrected chi connectivity index (χ0v) is 16.9. The molecular formula is C24H27N3S. The predicted octanol–water partition coefficient (Wildman–Crippen LogP) is 4.61. The number of nitrogens with zero attached hydrogens (tertiary/aromatic N) is 2. The Kier molecular flexibility index (Phi) is 5.26. The lowest BCUT2D eigenvalue weighted by molar-refractivity contribution is 0.0128. The summed E-state index contributed by atoms with van der Waals surface area (Å²) in [6.07, 6.45) is 7.61. The standard InChI is InChI=1S/C24H27N3S/c1-2-8-22(20-6-3-11-25-16-20)19(5-1)15-23-24(18-9-12-27(23)13-10-18)26-17-21-7-4-14-28-21/h1-8,11,14,16,18,23-24,26H,9-10,12-13,15,17H2. The van der Waals surface area contributed by atoms with Crippen LogP contribution in [0.4, 0.5) is 0 Å². The van der Waals surface area contributed by atoms with Crippen LogP contribution < -0.4 is 5.32 Å². The number of fused-ring (bicyclic) bond motifs is 3. The molecule has 3 nitrogen and oxygen atoms in total. The molecule has 0 aliphatic carbocycles. The minimum Gasteiger partial charge on any atom is -0.307 e. The van der Waals surface area contributed by atoms with Gasteiger partial charge in [-0.2, -0.15) is 0 Å². The van der Waals surface area contributed by atoms with Crippen molar-refractivity contribution in [2.75, 3.05) is 13.1 Å². The van der Waals surface area contributed by atoms with Gasteiger partial charge in [0.15, 0.2) is 0 Å². The van der Waals surface area contributed by atoms with Crippen LogP contribution in [0.2, 0.25) is 0 Å². The molecule has 6 rings (SSSR count). The molecule has 3 saturated heterocycles. The molecule has 144 valence electrons. The molecule has 4 heteroatoms. The van der Waals surface area contributed by atoms with Gasteiger partial charge in [0, 0.05) is 41.5 Å². The number of pyridine rings is 1. The average Bonchev–Trinajstić information content (AvgIpc) is 3.28. The Morgan fingerprint density at radius 3 is 2.71 bits per heavy atom. The van der Waals surface area contributed by atoms with Crippen molar-refractivity contribution in [1.82, 2.24) is 15.2 Å².